The van der Waals surface area contributed by atoms with Crippen LogP contribution in [0.5, 0.6) is 0 Å². The monoisotopic (exact) mass is 278 g/mol. The molecule has 3 atom stereocenters. The van der Waals surface area contributed by atoms with Crippen LogP contribution in [0.1, 0.15) is 46.0 Å². The molecule has 4 nitrogen and oxygen atoms in total. The zero-order chi connectivity index (χ0) is 12.7. The molecule has 0 spiro atoms. The van der Waals surface area contributed by atoms with Crippen LogP contribution in [0.25, 0.3) is 0 Å². The summed E-state index contributed by atoms with van der Waals surface area (Å²) in [5, 5.41) is 2.80. The molecular weight excluding hydrogens is 252 g/mol. The molecule has 1 amide bonds. The highest BCUT2D eigenvalue weighted by Crippen LogP contribution is 2.26. The fourth-order valence-electron chi connectivity index (χ4n) is 2.39. The van der Waals surface area contributed by atoms with Gasteiger partial charge in [-0.2, -0.15) is 0 Å². The minimum Gasteiger partial charge on any atom is -0.365 e. The van der Waals surface area contributed by atoms with E-state index in [4.69, 9.17) is 10.5 Å². The van der Waals surface area contributed by atoms with Crippen molar-refractivity contribution in [3.05, 3.63) is 0 Å². The maximum absolute atomic E-state index is 11.8. The van der Waals surface area contributed by atoms with Crippen molar-refractivity contribution in [2.45, 2.75) is 58.2 Å². The van der Waals surface area contributed by atoms with Gasteiger partial charge in [-0.25, -0.2) is 0 Å². The number of nitrogens with one attached hydrogen (secondary N) is 1. The second-order valence-corrected chi connectivity index (χ2v) is 5.01. The van der Waals surface area contributed by atoms with Crippen molar-refractivity contribution in [1.29, 1.82) is 0 Å². The highest BCUT2D eigenvalue weighted by Gasteiger charge is 2.25. The topological polar surface area (TPSA) is 64.3 Å². The molecule has 0 aromatic heterocycles. The van der Waals surface area contributed by atoms with Gasteiger partial charge in [0, 0.05) is 13.1 Å². The van der Waals surface area contributed by atoms with Crippen LogP contribution in [0.2, 0.25) is 0 Å². The molecule has 1 saturated carbocycles. The van der Waals surface area contributed by atoms with Crippen molar-refractivity contribution < 1.29 is 9.53 Å². The number of hydrogen-bond acceptors (Lipinski definition) is 3. The molecule has 1 aliphatic rings. The van der Waals surface area contributed by atoms with Gasteiger partial charge in [0.25, 0.3) is 0 Å². The first kappa shape index (κ1) is 17.7. The van der Waals surface area contributed by atoms with Gasteiger partial charge in [0.15, 0.2) is 0 Å². The molecule has 18 heavy (non-hydrogen) atoms. The van der Waals surface area contributed by atoms with Gasteiger partial charge in [-0.15, -0.1) is 12.4 Å². The van der Waals surface area contributed by atoms with Gasteiger partial charge in [-0.1, -0.05) is 26.7 Å². The van der Waals surface area contributed by atoms with Crippen LogP contribution in [0.4, 0.5) is 0 Å². The molecule has 1 aliphatic carbocycles. The number of ether oxygens (including phenoxy) is 1. The Morgan fingerprint density at radius 3 is 2.78 bits per heavy atom. The van der Waals surface area contributed by atoms with Gasteiger partial charge in [-0.05, 0) is 25.2 Å². The van der Waals surface area contributed by atoms with Crippen LogP contribution in [-0.4, -0.2) is 31.2 Å². The van der Waals surface area contributed by atoms with E-state index in [1.54, 1.807) is 0 Å². The number of rotatable bonds is 6. The lowest BCUT2D eigenvalue weighted by Crippen LogP contribution is -2.41. The number of amides is 1. The number of halogens is 1. The number of nitrogens with two attached hydrogens (primary N) is 1. The molecule has 0 aromatic rings. The Morgan fingerprint density at radius 1 is 1.50 bits per heavy atom. The van der Waals surface area contributed by atoms with Crippen molar-refractivity contribution in [3.8, 4) is 0 Å². The first-order valence-corrected chi connectivity index (χ1v) is 6.80. The van der Waals surface area contributed by atoms with Gasteiger partial charge >= 0.3 is 0 Å². The molecule has 3 unspecified atom stereocenters. The number of hydrogen-bond donors (Lipinski definition) is 2. The molecule has 5 heteroatoms. The van der Waals surface area contributed by atoms with E-state index in [-0.39, 0.29) is 30.5 Å². The fourth-order valence-corrected chi connectivity index (χ4v) is 2.39. The van der Waals surface area contributed by atoms with Crippen molar-refractivity contribution in [1.82, 2.24) is 5.32 Å². The van der Waals surface area contributed by atoms with Crippen molar-refractivity contribution in [2.75, 3.05) is 13.1 Å². The Balaban J connectivity index is 0.00000289. The lowest BCUT2D eigenvalue weighted by Gasteiger charge is -2.29. The summed E-state index contributed by atoms with van der Waals surface area (Å²) in [6.45, 7) is 5.24. The fraction of sp³-hybridized carbons (Fsp3) is 0.923. The quantitative estimate of drug-likeness (QED) is 0.779. The van der Waals surface area contributed by atoms with Gasteiger partial charge < -0.3 is 15.8 Å². The number of carbonyl (C=O) groups excluding carboxylic acids is 1. The van der Waals surface area contributed by atoms with Gasteiger partial charge in [0.05, 0.1) is 6.10 Å². The smallest absolute Gasteiger partial charge is 0.249 e. The molecule has 108 valence electrons. The summed E-state index contributed by atoms with van der Waals surface area (Å²) in [4.78, 5) is 11.8. The van der Waals surface area contributed by atoms with Crippen molar-refractivity contribution in [2.24, 2.45) is 11.7 Å². The molecule has 1 rings (SSSR count). The number of carbonyl (C=O) groups is 1. The first-order valence-electron chi connectivity index (χ1n) is 6.80. The van der Waals surface area contributed by atoms with E-state index >= 15 is 0 Å². The Labute approximate surface area is 116 Å². The molecule has 1 fully saturated rings. The molecule has 0 aliphatic heterocycles. The summed E-state index contributed by atoms with van der Waals surface area (Å²) in [7, 11) is 0. The van der Waals surface area contributed by atoms with Crippen LogP contribution in [0.3, 0.4) is 0 Å². The van der Waals surface area contributed by atoms with Crippen LogP contribution in [0, 0.1) is 5.92 Å². The molecule has 0 bridgehead atoms. The summed E-state index contributed by atoms with van der Waals surface area (Å²) >= 11 is 0. The summed E-state index contributed by atoms with van der Waals surface area (Å²) in [6.07, 6.45) is 5.35. The Bertz CT molecular complexity index is 239. The Morgan fingerprint density at radius 2 is 2.22 bits per heavy atom. The average molecular weight is 279 g/mol. The van der Waals surface area contributed by atoms with E-state index in [1.807, 2.05) is 6.92 Å². The first-order chi connectivity index (χ1) is 8.17. The van der Waals surface area contributed by atoms with E-state index in [2.05, 4.69) is 12.2 Å². The Kier molecular flexibility index (Phi) is 9.42. The average Bonchev–Trinajstić information content (AvgIpc) is 2.33. The molecule has 0 aromatic carbocycles. The van der Waals surface area contributed by atoms with Gasteiger partial charge in [-0.3, -0.25) is 4.79 Å². The van der Waals surface area contributed by atoms with Gasteiger partial charge in [0.1, 0.15) is 6.10 Å². The highest BCUT2D eigenvalue weighted by atomic mass is 35.5. The largest absolute Gasteiger partial charge is 0.365 e. The second kappa shape index (κ2) is 9.59. The third-order valence-electron chi connectivity index (χ3n) is 3.35. The molecule has 3 N–H and O–H groups in total. The van der Waals surface area contributed by atoms with E-state index < -0.39 is 0 Å². The van der Waals surface area contributed by atoms with Crippen molar-refractivity contribution in [3.63, 3.8) is 0 Å². The predicted molar refractivity (Wildman–Crippen MR) is 75.9 cm³/mol. The van der Waals surface area contributed by atoms with E-state index in [1.165, 1.54) is 12.8 Å². The zero-order valence-electron chi connectivity index (χ0n) is 11.5. The predicted octanol–water partition coefficient (Wildman–Crippen LogP) is 1.86. The maximum Gasteiger partial charge on any atom is 0.249 e. The summed E-state index contributed by atoms with van der Waals surface area (Å²) in [5.41, 5.74) is 5.37. The maximum atomic E-state index is 11.8. The molecular formula is C13H27ClN2O2. The summed E-state index contributed by atoms with van der Waals surface area (Å²) in [5.74, 6) is 0.703. The second-order valence-electron chi connectivity index (χ2n) is 5.01. The normalized spacial score (nSPS) is 25.1. The van der Waals surface area contributed by atoms with E-state index in [0.717, 1.165) is 25.2 Å². The van der Waals surface area contributed by atoms with Crippen LogP contribution < -0.4 is 11.1 Å². The van der Waals surface area contributed by atoms with Gasteiger partial charge in [0.2, 0.25) is 5.91 Å². The zero-order valence-corrected chi connectivity index (χ0v) is 12.3. The summed E-state index contributed by atoms with van der Waals surface area (Å²) < 4.78 is 5.92. The van der Waals surface area contributed by atoms with E-state index in [0.29, 0.717) is 13.1 Å². The standard InChI is InChI=1S/C13H26N2O2.ClH/c1-3-12(13(16)15-8-7-14)17-11-6-4-5-10(2)9-11;/h10-12H,3-9,14H2,1-2H3,(H,15,16);1H. The molecule has 0 saturated heterocycles. The van der Waals surface area contributed by atoms with Crippen LogP contribution in [-0.2, 0) is 9.53 Å². The van der Waals surface area contributed by atoms with Crippen molar-refractivity contribution >= 4 is 18.3 Å². The minimum atomic E-state index is -0.308. The lowest BCUT2D eigenvalue weighted by atomic mass is 9.88. The summed E-state index contributed by atoms with van der Waals surface area (Å²) in [6, 6.07) is 0. The third kappa shape index (κ3) is 6.03. The Hall–Kier alpha value is -0.320. The SMILES string of the molecule is CCC(OC1CCCC(C)C1)C(=O)NCCN.Cl. The molecule has 0 heterocycles. The van der Waals surface area contributed by atoms with Crippen LogP contribution >= 0.6 is 12.4 Å². The highest BCUT2D eigenvalue weighted by molar-refractivity contribution is 5.85. The van der Waals surface area contributed by atoms with E-state index in [9.17, 15) is 4.79 Å². The molecule has 0 radical (unpaired) electrons. The van der Waals surface area contributed by atoms with Crippen LogP contribution in [0.15, 0.2) is 0 Å². The minimum absolute atomic E-state index is 0. The lowest BCUT2D eigenvalue weighted by molar-refractivity contribution is -0.138. The third-order valence-corrected chi connectivity index (χ3v) is 3.35.